The highest BCUT2D eigenvalue weighted by Crippen LogP contribution is 2.58. The first kappa shape index (κ1) is 13.9. The third-order valence-corrected chi connectivity index (χ3v) is 4.79. The van der Waals surface area contributed by atoms with Gasteiger partial charge in [0.25, 0.3) is 0 Å². The largest absolute Gasteiger partial charge is 0.389 e. The van der Waals surface area contributed by atoms with E-state index in [1.807, 2.05) is 0 Å². The summed E-state index contributed by atoms with van der Waals surface area (Å²) in [4.78, 5) is 0. The smallest absolute Gasteiger partial charge is 0.357 e. The van der Waals surface area contributed by atoms with Gasteiger partial charge >= 0.3 is 7.60 Å². The topological polar surface area (TPSA) is 55.8 Å². The van der Waals surface area contributed by atoms with E-state index in [-0.39, 0.29) is 0 Å². The van der Waals surface area contributed by atoms with Crippen molar-refractivity contribution in [3.05, 3.63) is 11.4 Å². The molecule has 0 spiro atoms. The van der Waals surface area contributed by atoms with E-state index >= 15 is 0 Å². The molecule has 0 heterocycles. The summed E-state index contributed by atoms with van der Waals surface area (Å²) in [6.07, 6.45) is 4.41. The maximum atomic E-state index is 12.4. The lowest BCUT2D eigenvalue weighted by Gasteiger charge is -2.19. The molecule has 94 valence electrons. The number of hydrogen-bond acceptors (Lipinski definition) is 4. The summed E-state index contributed by atoms with van der Waals surface area (Å²) in [7, 11) is -3.16. The van der Waals surface area contributed by atoms with Crippen LogP contribution in [-0.4, -0.2) is 24.4 Å². The third-order valence-electron chi connectivity index (χ3n) is 2.52. The van der Waals surface area contributed by atoms with Gasteiger partial charge in [-0.3, -0.25) is 4.57 Å². The highest BCUT2D eigenvalue weighted by molar-refractivity contribution is 7.58. The van der Waals surface area contributed by atoms with E-state index in [9.17, 15) is 9.67 Å². The SMILES string of the molecule is CCOP(=O)(OCC)C1=CC(O)CCCC1. The molecule has 0 bridgehead atoms. The molecule has 0 aromatic rings. The first-order chi connectivity index (χ1) is 7.62. The fraction of sp³-hybridized carbons (Fsp3) is 0.818. The molecule has 1 aliphatic rings. The van der Waals surface area contributed by atoms with Crippen molar-refractivity contribution in [1.29, 1.82) is 0 Å². The second kappa shape index (κ2) is 6.55. The fourth-order valence-electron chi connectivity index (χ4n) is 1.82. The molecule has 1 N–H and O–H groups in total. The molecule has 16 heavy (non-hydrogen) atoms. The Labute approximate surface area is 97.2 Å². The predicted molar refractivity (Wildman–Crippen MR) is 63.4 cm³/mol. The molecule has 0 aliphatic heterocycles. The Morgan fingerprint density at radius 3 is 2.56 bits per heavy atom. The van der Waals surface area contributed by atoms with Crippen LogP contribution in [0.25, 0.3) is 0 Å². The average Bonchev–Trinajstić information content (AvgIpc) is 2.44. The van der Waals surface area contributed by atoms with E-state index in [0.717, 1.165) is 19.3 Å². The third kappa shape index (κ3) is 3.70. The van der Waals surface area contributed by atoms with Crippen molar-refractivity contribution < 1.29 is 18.7 Å². The molecule has 1 unspecified atom stereocenters. The van der Waals surface area contributed by atoms with E-state index in [1.165, 1.54) is 0 Å². The molecule has 0 saturated carbocycles. The van der Waals surface area contributed by atoms with E-state index in [1.54, 1.807) is 19.9 Å². The summed E-state index contributed by atoms with van der Waals surface area (Å²) in [5.41, 5.74) is 0. The van der Waals surface area contributed by atoms with Gasteiger partial charge in [-0.2, -0.15) is 0 Å². The van der Waals surface area contributed by atoms with Crippen molar-refractivity contribution in [1.82, 2.24) is 0 Å². The van der Waals surface area contributed by atoms with E-state index in [4.69, 9.17) is 9.05 Å². The zero-order valence-corrected chi connectivity index (χ0v) is 10.9. The molecule has 0 saturated heterocycles. The summed E-state index contributed by atoms with van der Waals surface area (Å²) < 4.78 is 23.0. The summed E-state index contributed by atoms with van der Waals surface area (Å²) in [5.74, 6) is 0. The van der Waals surface area contributed by atoms with Gasteiger partial charge in [0.05, 0.1) is 19.3 Å². The molecule has 5 heteroatoms. The molecule has 1 rings (SSSR count). The minimum atomic E-state index is -3.16. The molecule has 0 radical (unpaired) electrons. The van der Waals surface area contributed by atoms with Gasteiger partial charge in [-0.05, 0) is 39.2 Å². The van der Waals surface area contributed by atoms with Crippen LogP contribution < -0.4 is 0 Å². The van der Waals surface area contributed by atoms with E-state index < -0.39 is 13.7 Å². The number of hydrogen-bond donors (Lipinski definition) is 1. The highest BCUT2D eigenvalue weighted by atomic mass is 31.2. The Morgan fingerprint density at radius 1 is 1.38 bits per heavy atom. The number of aliphatic hydroxyl groups excluding tert-OH is 1. The predicted octanol–water partition coefficient (Wildman–Crippen LogP) is 3.07. The first-order valence-electron chi connectivity index (χ1n) is 5.90. The summed E-state index contributed by atoms with van der Waals surface area (Å²) in [6.45, 7) is 4.29. The second-order valence-electron chi connectivity index (χ2n) is 3.80. The number of rotatable bonds is 5. The van der Waals surface area contributed by atoms with Crippen molar-refractivity contribution >= 4 is 7.60 Å². The second-order valence-corrected chi connectivity index (χ2v) is 5.89. The first-order valence-corrected chi connectivity index (χ1v) is 7.45. The Kier molecular flexibility index (Phi) is 5.70. The van der Waals surface area contributed by atoms with Crippen molar-refractivity contribution in [2.75, 3.05) is 13.2 Å². The molecule has 1 aliphatic carbocycles. The van der Waals surface area contributed by atoms with Gasteiger partial charge in [0.1, 0.15) is 0 Å². The molecule has 0 aromatic heterocycles. The molecule has 1 atom stereocenters. The maximum Gasteiger partial charge on any atom is 0.357 e. The van der Waals surface area contributed by atoms with Crippen LogP contribution in [0.1, 0.15) is 39.5 Å². The zero-order chi connectivity index (χ0) is 12.0. The minimum absolute atomic E-state index is 0.352. The quantitative estimate of drug-likeness (QED) is 0.760. The van der Waals surface area contributed by atoms with Gasteiger partial charge in [-0.1, -0.05) is 6.42 Å². The van der Waals surface area contributed by atoms with Crippen molar-refractivity contribution in [3.63, 3.8) is 0 Å². The van der Waals surface area contributed by atoms with Gasteiger partial charge in [0.15, 0.2) is 0 Å². The van der Waals surface area contributed by atoms with Gasteiger partial charge < -0.3 is 14.2 Å². The maximum absolute atomic E-state index is 12.4. The van der Waals surface area contributed by atoms with Crippen molar-refractivity contribution in [2.45, 2.75) is 45.6 Å². The van der Waals surface area contributed by atoms with Gasteiger partial charge in [-0.25, -0.2) is 0 Å². The Bertz CT molecular complexity index is 278. The van der Waals surface area contributed by atoms with Crippen LogP contribution in [0.2, 0.25) is 0 Å². The van der Waals surface area contributed by atoms with Crippen molar-refractivity contribution in [2.24, 2.45) is 0 Å². The Balaban J connectivity index is 2.87. The van der Waals surface area contributed by atoms with Crippen molar-refractivity contribution in [3.8, 4) is 0 Å². The molecular weight excluding hydrogens is 227 g/mol. The molecule has 4 nitrogen and oxygen atoms in total. The molecule has 0 aromatic carbocycles. The molecular formula is C11H21O4P. The van der Waals surface area contributed by atoms with Crippen LogP contribution in [0.3, 0.4) is 0 Å². The van der Waals surface area contributed by atoms with Gasteiger partial charge in [-0.15, -0.1) is 0 Å². The zero-order valence-electron chi connectivity index (χ0n) is 10.0. The standard InChI is InChI=1S/C11H21O4P/c1-3-14-16(13,15-4-2)11-8-6-5-7-10(12)9-11/h9-10,12H,3-8H2,1-2H3. The highest BCUT2D eigenvalue weighted by Gasteiger charge is 2.30. The Hall–Kier alpha value is -0.150. The number of aliphatic hydroxyl groups is 1. The lowest BCUT2D eigenvalue weighted by atomic mass is 10.2. The van der Waals surface area contributed by atoms with Crippen LogP contribution in [-0.2, 0) is 13.6 Å². The van der Waals surface area contributed by atoms with Crippen LogP contribution in [0, 0.1) is 0 Å². The summed E-state index contributed by atoms with van der Waals surface area (Å²) in [6, 6.07) is 0. The van der Waals surface area contributed by atoms with E-state index in [2.05, 4.69) is 0 Å². The lowest BCUT2D eigenvalue weighted by Crippen LogP contribution is -2.03. The van der Waals surface area contributed by atoms with E-state index in [0.29, 0.717) is 24.9 Å². The number of allylic oxidation sites excluding steroid dienone is 1. The Morgan fingerprint density at radius 2 is 2.00 bits per heavy atom. The van der Waals surface area contributed by atoms with Crippen LogP contribution in [0.15, 0.2) is 11.4 Å². The summed E-state index contributed by atoms with van der Waals surface area (Å²) >= 11 is 0. The minimum Gasteiger partial charge on any atom is -0.389 e. The van der Waals surface area contributed by atoms with Crippen LogP contribution in [0.4, 0.5) is 0 Å². The van der Waals surface area contributed by atoms with Crippen LogP contribution in [0.5, 0.6) is 0 Å². The normalized spacial score (nSPS) is 22.7. The van der Waals surface area contributed by atoms with Crippen LogP contribution >= 0.6 is 7.60 Å². The monoisotopic (exact) mass is 248 g/mol. The van der Waals surface area contributed by atoms with Gasteiger partial charge in [0.2, 0.25) is 0 Å². The lowest BCUT2D eigenvalue weighted by molar-refractivity contribution is 0.209. The van der Waals surface area contributed by atoms with Gasteiger partial charge in [0, 0.05) is 5.31 Å². The molecule has 0 fully saturated rings. The average molecular weight is 248 g/mol. The summed E-state index contributed by atoms with van der Waals surface area (Å²) in [5, 5.41) is 10.3. The molecule has 0 amide bonds. The fourth-order valence-corrected chi connectivity index (χ4v) is 3.69.